The van der Waals surface area contributed by atoms with Crippen LogP contribution in [0.2, 0.25) is 5.02 Å². The molecule has 1 heterocycles. The molecule has 0 unspecified atom stereocenters. The Morgan fingerprint density at radius 1 is 1.30 bits per heavy atom. The van der Waals surface area contributed by atoms with Crippen molar-refractivity contribution in [1.29, 1.82) is 0 Å². The average molecular weight is 306 g/mol. The molecule has 0 saturated carbocycles. The molecule has 2 aromatic rings. The van der Waals surface area contributed by atoms with Gasteiger partial charge in [-0.1, -0.05) is 17.7 Å². The van der Waals surface area contributed by atoms with E-state index < -0.39 is 0 Å². The molecule has 1 aromatic heterocycles. The second-order valence-electron chi connectivity index (χ2n) is 4.76. The number of aryl methyl sites for hydroxylation is 1. The molecule has 0 fully saturated rings. The van der Waals surface area contributed by atoms with Crippen LogP contribution in [0.5, 0.6) is 0 Å². The van der Waals surface area contributed by atoms with Crippen LogP contribution in [0, 0.1) is 0 Å². The Hall–Kier alpha value is -1.26. The molecule has 0 atom stereocenters. The van der Waals surface area contributed by atoms with Gasteiger partial charge in [-0.2, -0.15) is 0 Å². The van der Waals surface area contributed by atoms with Gasteiger partial charge in [-0.15, -0.1) is 11.8 Å². The third-order valence-electron chi connectivity index (χ3n) is 3.38. The van der Waals surface area contributed by atoms with E-state index in [-0.39, 0.29) is 0 Å². The highest BCUT2D eigenvalue weighted by Gasteiger charge is 2.18. The minimum atomic E-state index is 0.765. The Bertz CT molecular complexity index is 631. The summed E-state index contributed by atoms with van der Waals surface area (Å²) in [5, 5.41) is 3.96. The third kappa shape index (κ3) is 2.91. The topological polar surface area (TPSA) is 37.8 Å². The van der Waals surface area contributed by atoms with Crippen molar-refractivity contribution in [2.45, 2.75) is 29.9 Å². The van der Waals surface area contributed by atoms with Crippen LogP contribution in [0.25, 0.3) is 0 Å². The molecule has 0 bridgehead atoms. The molecule has 1 aliphatic rings. The van der Waals surface area contributed by atoms with E-state index in [1.54, 1.807) is 11.8 Å². The third-order valence-corrected chi connectivity index (χ3v) is 4.61. The predicted octanol–water partition coefficient (Wildman–Crippen LogP) is 3.95. The fourth-order valence-corrected chi connectivity index (χ4v) is 3.52. The van der Waals surface area contributed by atoms with Crippen LogP contribution in [0.4, 0.5) is 5.82 Å². The quantitative estimate of drug-likeness (QED) is 0.868. The van der Waals surface area contributed by atoms with Crippen molar-refractivity contribution in [3.8, 4) is 0 Å². The average Bonchev–Trinajstić information content (AvgIpc) is 2.92. The lowest BCUT2D eigenvalue weighted by Crippen LogP contribution is -2.05. The highest BCUT2D eigenvalue weighted by Crippen LogP contribution is 2.29. The molecule has 3 nitrogen and oxygen atoms in total. The maximum absolute atomic E-state index is 6.00. The molecule has 5 heteroatoms. The molecule has 1 N–H and O–H groups in total. The van der Waals surface area contributed by atoms with Gasteiger partial charge >= 0.3 is 0 Å². The Morgan fingerprint density at radius 2 is 2.20 bits per heavy atom. The van der Waals surface area contributed by atoms with Gasteiger partial charge in [-0.25, -0.2) is 9.97 Å². The van der Waals surface area contributed by atoms with Gasteiger partial charge in [0.05, 0.1) is 5.75 Å². The van der Waals surface area contributed by atoms with Crippen molar-refractivity contribution in [2.75, 3.05) is 12.4 Å². The van der Waals surface area contributed by atoms with Gasteiger partial charge < -0.3 is 5.32 Å². The first kappa shape index (κ1) is 13.7. The number of hydrogen-bond acceptors (Lipinski definition) is 4. The number of benzene rings is 1. The molecule has 20 heavy (non-hydrogen) atoms. The van der Waals surface area contributed by atoms with E-state index in [0.717, 1.165) is 40.2 Å². The minimum Gasteiger partial charge on any atom is -0.373 e. The first-order valence-corrected chi connectivity index (χ1v) is 8.07. The van der Waals surface area contributed by atoms with Gasteiger partial charge in [0.1, 0.15) is 11.6 Å². The summed E-state index contributed by atoms with van der Waals surface area (Å²) in [5.41, 5.74) is 2.51. The number of aromatic nitrogens is 2. The Balaban J connectivity index is 1.78. The van der Waals surface area contributed by atoms with Gasteiger partial charge in [0, 0.05) is 28.2 Å². The monoisotopic (exact) mass is 305 g/mol. The summed E-state index contributed by atoms with van der Waals surface area (Å²) in [6.07, 6.45) is 3.35. The molecule has 0 radical (unpaired) electrons. The van der Waals surface area contributed by atoms with E-state index >= 15 is 0 Å². The standard InChI is InChI=1S/C15H16ClN3S/c1-17-15-12-6-3-7-13(12)18-14(19-15)9-20-11-5-2-4-10(16)8-11/h2,4-5,8H,3,6-7,9H2,1H3,(H,17,18,19). The summed E-state index contributed by atoms with van der Waals surface area (Å²) in [4.78, 5) is 10.5. The van der Waals surface area contributed by atoms with Crippen molar-refractivity contribution in [2.24, 2.45) is 0 Å². The summed E-state index contributed by atoms with van der Waals surface area (Å²) < 4.78 is 0. The molecule has 1 aromatic carbocycles. The van der Waals surface area contributed by atoms with Crippen molar-refractivity contribution >= 4 is 29.2 Å². The van der Waals surface area contributed by atoms with E-state index in [1.165, 1.54) is 17.7 Å². The second-order valence-corrected chi connectivity index (χ2v) is 6.25. The van der Waals surface area contributed by atoms with Crippen molar-refractivity contribution in [1.82, 2.24) is 9.97 Å². The van der Waals surface area contributed by atoms with Crippen LogP contribution >= 0.6 is 23.4 Å². The highest BCUT2D eigenvalue weighted by atomic mass is 35.5. The Kier molecular flexibility index (Phi) is 4.13. The fraction of sp³-hybridized carbons (Fsp3) is 0.333. The molecule has 1 aliphatic carbocycles. The second kappa shape index (κ2) is 6.02. The maximum Gasteiger partial charge on any atom is 0.141 e. The highest BCUT2D eigenvalue weighted by molar-refractivity contribution is 7.98. The lowest BCUT2D eigenvalue weighted by molar-refractivity contribution is 0.893. The number of nitrogens with one attached hydrogen (secondary N) is 1. The van der Waals surface area contributed by atoms with Crippen molar-refractivity contribution in [3.05, 3.63) is 46.4 Å². The largest absolute Gasteiger partial charge is 0.373 e. The van der Waals surface area contributed by atoms with Crippen LogP contribution in [0.15, 0.2) is 29.2 Å². The Labute approximate surface area is 128 Å². The van der Waals surface area contributed by atoms with Gasteiger partial charge in [-0.3, -0.25) is 0 Å². The van der Waals surface area contributed by atoms with Gasteiger partial charge in [0.25, 0.3) is 0 Å². The van der Waals surface area contributed by atoms with E-state index in [4.69, 9.17) is 16.6 Å². The zero-order valence-electron chi connectivity index (χ0n) is 11.3. The van der Waals surface area contributed by atoms with Crippen molar-refractivity contribution in [3.63, 3.8) is 0 Å². The Morgan fingerprint density at radius 3 is 3.00 bits per heavy atom. The molecule has 0 amide bonds. The normalized spacial score (nSPS) is 13.3. The predicted molar refractivity (Wildman–Crippen MR) is 84.6 cm³/mol. The van der Waals surface area contributed by atoms with E-state index in [1.807, 2.05) is 25.2 Å². The summed E-state index contributed by atoms with van der Waals surface area (Å²) in [6.45, 7) is 0. The summed E-state index contributed by atoms with van der Waals surface area (Å²) in [5.74, 6) is 2.65. The number of anilines is 1. The SMILES string of the molecule is CNc1nc(CSc2cccc(Cl)c2)nc2c1CCC2. The molecule has 104 valence electrons. The van der Waals surface area contributed by atoms with Crippen LogP contribution in [0.3, 0.4) is 0 Å². The first-order valence-electron chi connectivity index (χ1n) is 6.71. The van der Waals surface area contributed by atoms with Crippen LogP contribution in [-0.4, -0.2) is 17.0 Å². The molecule has 0 saturated heterocycles. The van der Waals surface area contributed by atoms with Gasteiger partial charge in [0.2, 0.25) is 0 Å². The van der Waals surface area contributed by atoms with Crippen LogP contribution < -0.4 is 5.32 Å². The molecular weight excluding hydrogens is 290 g/mol. The number of halogens is 1. The number of thioether (sulfide) groups is 1. The van der Waals surface area contributed by atoms with Crippen molar-refractivity contribution < 1.29 is 0 Å². The number of nitrogens with zero attached hydrogens (tertiary/aromatic N) is 2. The van der Waals surface area contributed by atoms with E-state index in [2.05, 4.69) is 16.4 Å². The summed E-state index contributed by atoms with van der Waals surface area (Å²) in [7, 11) is 1.93. The van der Waals surface area contributed by atoms with Gasteiger partial charge in [-0.05, 0) is 37.5 Å². The molecule has 3 rings (SSSR count). The van der Waals surface area contributed by atoms with Crippen LogP contribution in [0.1, 0.15) is 23.5 Å². The number of hydrogen-bond donors (Lipinski definition) is 1. The van der Waals surface area contributed by atoms with Gasteiger partial charge in [0.15, 0.2) is 0 Å². The number of fused-ring (bicyclic) bond motifs is 1. The maximum atomic E-state index is 6.00. The summed E-state index contributed by atoms with van der Waals surface area (Å²) >= 11 is 7.71. The first-order chi connectivity index (χ1) is 9.76. The molecule has 0 aliphatic heterocycles. The minimum absolute atomic E-state index is 0.765. The molecular formula is C15H16ClN3S. The zero-order chi connectivity index (χ0) is 13.9. The summed E-state index contributed by atoms with van der Waals surface area (Å²) in [6, 6.07) is 7.88. The lowest BCUT2D eigenvalue weighted by atomic mass is 10.2. The number of rotatable bonds is 4. The van der Waals surface area contributed by atoms with E-state index in [9.17, 15) is 0 Å². The smallest absolute Gasteiger partial charge is 0.141 e. The lowest BCUT2D eigenvalue weighted by Gasteiger charge is -2.09. The molecule has 0 spiro atoms. The van der Waals surface area contributed by atoms with E-state index in [0.29, 0.717) is 0 Å². The fourth-order valence-electron chi connectivity index (χ4n) is 2.46. The van der Waals surface area contributed by atoms with Crippen LogP contribution in [-0.2, 0) is 18.6 Å². The zero-order valence-corrected chi connectivity index (χ0v) is 12.9.